The molecular formula is C41H46N4O8S. The second-order valence-corrected chi connectivity index (χ2v) is 17.2. The summed E-state index contributed by atoms with van der Waals surface area (Å²) in [6, 6.07) is 6.33. The third-order valence-electron chi connectivity index (χ3n) is 13.3. The van der Waals surface area contributed by atoms with Crippen LogP contribution in [0.15, 0.2) is 24.3 Å². The summed E-state index contributed by atoms with van der Waals surface area (Å²) in [5.74, 6) is 1.71. The molecule has 12 nitrogen and oxygen atoms in total. The number of benzene rings is 3. The topological polar surface area (TPSA) is 149 Å². The van der Waals surface area contributed by atoms with Crippen molar-refractivity contribution in [1.29, 1.82) is 0 Å². The van der Waals surface area contributed by atoms with Crippen molar-refractivity contribution in [3.05, 3.63) is 80.0 Å². The average molecular weight is 755 g/mol. The number of esters is 1. The van der Waals surface area contributed by atoms with E-state index in [0.717, 1.165) is 66.7 Å². The predicted octanol–water partition coefficient (Wildman–Crippen LogP) is 4.23. The van der Waals surface area contributed by atoms with Crippen LogP contribution in [-0.4, -0.2) is 100 Å². The number of rotatable bonds is 2. The van der Waals surface area contributed by atoms with Crippen LogP contribution in [0.5, 0.6) is 23.0 Å². The number of nitrogens with one attached hydrogen (secondary N) is 2. The number of piperazine rings is 1. The molecule has 54 heavy (non-hydrogen) atoms. The number of H-pyrrole nitrogens is 1. The van der Waals surface area contributed by atoms with Gasteiger partial charge in [-0.2, -0.15) is 0 Å². The highest BCUT2D eigenvalue weighted by atomic mass is 32.2. The Balaban J connectivity index is 1.22. The number of methoxy groups -OCH3 is 1. The van der Waals surface area contributed by atoms with E-state index in [1.807, 2.05) is 20.0 Å². The van der Waals surface area contributed by atoms with Gasteiger partial charge in [0.15, 0.2) is 28.5 Å². The first-order chi connectivity index (χ1) is 26.0. The Morgan fingerprint density at radius 1 is 1.04 bits per heavy atom. The van der Waals surface area contributed by atoms with Gasteiger partial charge in [-0.25, -0.2) is 4.79 Å². The molecule has 1 spiro atoms. The maximum Gasteiger partial charge on any atom is 0.333 e. The first kappa shape index (κ1) is 34.5. The summed E-state index contributed by atoms with van der Waals surface area (Å²) in [5.41, 5.74) is 9.14. The number of carbonyl (C=O) groups is 1. The molecule has 7 aliphatic rings. The molecule has 2 saturated heterocycles. The molecule has 5 N–H and O–H groups in total. The van der Waals surface area contributed by atoms with E-state index < -0.39 is 23.8 Å². The molecule has 0 saturated carbocycles. The van der Waals surface area contributed by atoms with Crippen molar-refractivity contribution >= 4 is 28.6 Å². The maximum absolute atomic E-state index is 14.9. The summed E-state index contributed by atoms with van der Waals surface area (Å²) in [7, 11) is 3.62. The van der Waals surface area contributed by atoms with Gasteiger partial charge in [0, 0.05) is 45.1 Å². The van der Waals surface area contributed by atoms with Crippen LogP contribution in [0.4, 0.5) is 0 Å². The van der Waals surface area contributed by atoms with Crippen LogP contribution in [0.2, 0.25) is 0 Å². The van der Waals surface area contributed by atoms with Crippen molar-refractivity contribution in [3.63, 3.8) is 0 Å². The maximum atomic E-state index is 14.9. The van der Waals surface area contributed by atoms with Crippen LogP contribution in [0.3, 0.4) is 0 Å². The molecule has 7 aliphatic heterocycles. The van der Waals surface area contributed by atoms with Crippen LogP contribution in [0, 0.1) is 27.7 Å². The second kappa shape index (κ2) is 12.0. The zero-order chi connectivity index (χ0) is 37.5. The van der Waals surface area contributed by atoms with Gasteiger partial charge in [0.2, 0.25) is 6.79 Å². The minimum Gasteiger partial charge on any atom is -0.504 e. The zero-order valence-corrected chi connectivity index (χ0v) is 32.1. The Labute approximate surface area is 317 Å². The zero-order valence-electron chi connectivity index (χ0n) is 31.3. The fourth-order valence-electron chi connectivity index (χ4n) is 10.8. The number of aromatic hydroxyl groups is 1. The number of phenolic OH excluding ortho intramolecular Hbond substituents is 1. The van der Waals surface area contributed by atoms with Gasteiger partial charge in [-0.1, -0.05) is 17.7 Å². The van der Waals surface area contributed by atoms with E-state index >= 15 is 0 Å². The lowest BCUT2D eigenvalue weighted by atomic mass is 9.72. The quantitative estimate of drug-likeness (QED) is 0.187. The summed E-state index contributed by atoms with van der Waals surface area (Å²) < 4.78 is 24.6. The van der Waals surface area contributed by atoms with E-state index in [1.54, 1.807) is 18.9 Å². The van der Waals surface area contributed by atoms with Gasteiger partial charge < -0.3 is 39.3 Å². The standard InChI is InChI=1S/C41H46N4O8S/c1-17-7-8-25-23(9-17)24-12-22(13-46)43-41(38(24)42-25)15-54-37-28-19(3)20(4)35-36(53-16-52-35)30(28)27(14-51-40(41)49)45-32(37)31-29-21(11-26(39(45)48)44(31)5)10-18(2)34(50-6)33(29)47/h7-10,22,26-27,31-32,37,39,42-43,46-48H,11-16H2,1-6H3/t22-,26+,27+,31-,32-,37-,39+,41-/m1/s1. The van der Waals surface area contributed by atoms with Gasteiger partial charge in [0.1, 0.15) is 12.8 Å². The van der Waals surface area contributed by atoms with Crippen LogP contribution in [-0.2, 0) is 27.9 Å². The van der Waals surface area contributed by atoms with E-state index in [2.05, 4.69) is 59.1 Å². The normalized spacial score (nSPS) is 31.2. The third kappa shape index (κ3) is 4.42. The number of phenols is 1. The van der Waals surface area contributed by atoms with Crippen molar-refractivity contribution in [2.75, 3.05) is 39.9 Å². The van der Waals surface area contributed by atoms with Crippen molar-refractivity contribution in [2.24, 2.45) is 0 Å². The number of aliphatic hydroxyl groups excluding tert-OH is 2. The summed E-state index contributed by atoms with van der Waals surface area (Å²) >= 11 is 1.64. The van der Waals surface area contributed by atoms with Crippen molar-refractivity contribution in [2.45, 2.75) is 87.8 Å². The van der Waals surface area contributed by atoms with Gasteiger partial charge in [0.05, 0.1) is 37.5 Å². The second-order valence-electron chi connectivity index (χ2n) is 16.0. The molecule has 1 aromatic heterocycles. The molecule has 0 unspecified atom stereocenters. The molecule has 284 valence electrons. The first-order valence-corrected chi connectivity index (χ1v) is 19.8. The Bertz CT molecular complexity index is 2280. The largest absolute Gasteiger partial charge is 0.504 e. The van der Waals surface area contributed by atoms with Gasteiger partial charge in [-0.05, 0) is 93.1 Å². The monoisotopic (exact) mass is 754 g/mol. The molecule has 3 aromatic carbocycles. The fourth-order valence-corrected chi connectivity index (χ4v) is 12.5. The molecule has 0 radical (unpaired) electrons. The number of nitrogens with zero attached hydrogens (tertiary/aromatic N) is 2. The van der Waals surface area contributed by atoms with E-state index in [-0.39, 0.29) is 60.9 Å². The average Bonchev–Trinajstić information content (AvgIpc) is 3.79. The highest BCUT2D eigenvalue weighted by Crippen LogP contribution is 2.63. The molecule has 11 rings (SSSR count). The van der Waals surface area contributed by atoms with Crippen molar-refractivity contribution < 1.29 is 39.1 Å². The fraction of sp³-hybridized carbons (Fsp3) is 0.488. The number of aryl methyl sites for hydroxylation is 2. The van der Waals surface area contributed by atoms with Gasteiger partial charge in [0.25, 0.3) is 0 Å². The smallest absolute Gasteiger partial charge is 0.333 e. The molecule has 2 fully saturated rings. The minimum atomic E-state index is -1.31. The highest BCUT2D eigenvalue weighted by Gasteiger charge is 2.61. The summed E-state index contributed by atoms with van der Waals surface area (Å²) in [6.07, 6.45) is 0.141. The number of aromatic amines is 1. The molecular weight excluding hydrogens is 709 g/mol. The number of thioether (sulfide) groups is 1. The Hall–Kier alpha value is -3.98. The number of aliphatic hydroxyl groups is 2. The Morgan fingerprint density at radius 3 is 2.61 bits per heavy atom. The van der Waals surface area contributed by atoms with E-state index in [4.69, 9.17) is 18.9 Å². The van der Waals surface area contributed by atoms with Crippen molar-refractivity contribution in [1.82, 2.24) is 20.1 Å². The lowest BCUT2D eigenvalue weighted by molar-refractivity contribution is -0.186. The number of ether oxygens (including phenoxy) is 4. The van der Waals surface area contributed by atoms with Gasteiger partial charge in [-0.3, -0.25) is 15.1 Å². The van der Waals surface area contributed by atoms with Gasteiger partial charge in [-0.15, -0.1) is 11.8 Å². The highest BCUT2D eigenvalue weighted by molar-refractivity contribution is 7.99. The number of hydrogen-bond donors (Lipinski definition) is 5. The summed E-state index contributed by atoms with van der Waals surface area (Å²) in [4.78, 5) is 22.9. The van der Waals surface area contributed by atoms with Crippen LogP contribution >= 0.6 is 11.8 Å². The summed E-state index contributed by atoms with van der Waals surface area (Å²) in [5, 5.41) is 39.6. The molecule has 8 atom stereocenters. The SMILES string of the molecule is COc1c(C)cc2c(c1O)[C@@H]1[C@@H]3[C@@H]4SC[C@]5(N[C@@H](CO)Cc6c5[nH]c5ccc(C)cc65)C(=O)OC[C@@H](c5c6c(c(C)c(C)c54)OCO6)N3[C@@H](O)[C@H](C2)N1C. The van der Waals surface area contributed by atoms with Crippen LogP contribution < -0.4 is 19.5 Å². The van der Waals surface area contributed by atoms with E-state index in [9.17, 15) is 20.1 Å². The van der Waals surface area contributed by atoms with Crippen molar-refractivity contribution in [3.8, 4) is 23.0 Å². The van der Waals surface area contributed by atoms with Gasteiger partial charge >= 0.3 is 5.97 Å². The minimum absolute atomic E-state index is 0.0593. The molecule has 0 aliphatic carbocycles. The number of likely N-dealkylation sites (N-methyl/N-ethyl adjacent to an activating group) is 1. The molecule has 8 heterocycles. The predicted molar refractivity (Wildman–Crippen MR) is 202 cm³/mol. The van der Waals surface area contributed by atoms with E-state index in [1.165, 1.54) is 0 Å². The number of carbonyl (C=O) groups excluding carboxylic acids is 1. The number of aromatic nitrogens is 1. The van der Waals surface area contributed by atoms with Crippen LogP contribution in [0.25, 0.3) is 10.9 Å². The third-order valence-corrected chi connectivity index (χ3v) is 14.8. The van der Waals surface area contributed by atoms with Crippen LogP contribution in [0.1, 0.15) is 73.1 Å². The molecule has 0 amide bonds. The molecule has 4 bridgehead atoms. The Kier molecular flexibility index (Phi) is 7.67. The molecule has 4 aromatic rings. The Morgan fingerprint density at radius 2 is 1.83 bits per heavy atom. The van der Waals surface area contributed by atoms with E-state index in [0.29, 0.717) is 30.1 Å². The summed E-state index contributed by atoms with van der Waals surface area (Å²) in [6.45, 7) is 8.04. The lowest BCUT2D eigenvalue weighted by Crippen LogP contribution is -2.70. The number of fused-ring (bicyclic) bond motifs is 11. The number of hydrogen-bond acceptors (Lipinski definition) is 12. The molecule has 13 heteroatoms. The lowest BCUT2D eigenvalue weighted by Gasteiger charge is -2.62. The first-order valence-electron chi connectivity index (χ1n) is 18.8.